The molecule has 0 saturated heterocycles. The summed E-state index contributed by atoms with van der Waals surface area (Å²) < 4.78 is 3.23. The molecule has 1 amide bonds. The molecule has 0 aliphatic carbocycles. The first-order valence-electron chi connectivity index (χ1n) is 9.73. The molecule has 4 aromatic rings. The van der Waals surface area contributed by atoms with Crippen LogP contribution in [0.2, 0.25) is 0 Å². The number of amides is 1. The summed E-state index contributed by atoms with van der Waals surface area (Å²) in [6.45, 7) is 2.72. The van der Waals surface area contributed by atoms with Gasteiger partial charge in [0, 0.05) is 23.2 Å². The third-order valence-corrected chi connectivity index (χ3v) is 8.16. The lowest BCUT2D eigenvalue weighted by Gasteiger charge is -2.17. The number of thiazole rings is 1. The number of nitrogens with zero attached hydrogens (tertiary/aromatic N) is 4. The average molecular weight is 483 g/mol. The van der Waals surface area contributed by atoms with Gasteiger partial charge in [0.05, 0.1) is 22.1 Å². The number of rotatable bonds is 5. The number of carbonyl (C=O) groups is 1. The standard InChI is InChI=1S/C22H18N4OS4/c1-14-23-18(12-29-14)15-7-8-19-16(11-15)9-10-25(19)20(27)13-30-21-24-26(22(28)31-21)17-5-3-2-4-6-17/h2-8,11-12H,9-10,13H2,1H3. The summed E-state index contributed by atoms with van der Waals surface area (Å²) in [6, 6.07) is 16.1. The van der Waals surface area contributed by atoms with Crippen LogP contribution in [0.1, 0.15) is 10.6 Å². The quantitative estimate of drug-likeness (QED) is 0.267. The maximum Gasteiger partial charge on any atom is 0.237 e. The first-order chi connectivity index (χ1) is 15.1. The van der Waals surface area contributed by atoms with Crippen LogP contribution in [0, 0.1) is 10.9 Å². The predicted octanol–water partition coefficient (Wildman–Crippen LogP) is 5.78. The molecule has 0 bridgehead atoms. The van der Waals surface area contributed by atoms with Crippen molar-refractivity contribution in [3.05, 3.63) is 68.4 Å². The lowest BCUT2D eigenvalue weighted by atomic mass is 10.1. The monoisotopic (exact) mass is 482 g/mol. The number of para-hydroxylation sites is 1. The largest absolute Gasteiger partial charge is 0.311 e. The van der Waals surface area contributed by atoms with E-state index in [-0.39, 0.29) is 5.91 Å². The summed E-state index contributed by atoms with van der Waals surface area (Å²) in [6.07, 6.45) is 0.865. The van der Waals surface area contributed by atoms with Gasteiger partial charge in [-0.3, -0.25) is 4.79 Å². The maximum absolute atomic E-state index is 12.9. The molecule has 2 aromatic carbocycles. The topological polar surface area (TPSA) is 51.0 Å². The first-order valence-corrected chi connectivity index (χ1v) is 12.8. The van der Waals surface area contributed by atoms with Crippen LogP contribution < -0.4 is 4.90 Å². The van der Waals surface area contributed by atoms with Crippen LogP contribution in [0.5, 0.6) is 0 Å². The molecule has 5 nitrogen and oxygen atoms in total. The highest BCUT2D eigenvalue weighted by molar-refractivity contribution is 8.01. The van der Waals surface area contributed by atoms with Crippen molar-refractivity contribution in [1.82, 2.24) is 14.8 Å². The van der Waals surface area contributed by atoms with E-state index in [1.165, 1.54) is 28.7 Å². The lowest BCUT2D eigenvalue weighted by molar-refractivity contribution is -0.116. The number of thioether (sulfide) groups is 1. The molecule has 1 aliphatic rings. The highest BCUT2D eigenvalue weighted by Gasteiger charge is 2.25. The number of aromatic nitrogens is 3. The fraction of sp³-hybridized carbons (Fsp3) is 0.182. The van der Waals surface area contributed by atoms with Gasteiger partial charge in [-0.25, -0.2) is 9.67 Å². The third kappa shape index (κ3) is 4.23. The number of fused-ring (bicyclic) bond motifs is 1. The van der Waals surface area contributed by atoms with E-state index in [9.17, 15) is 4.79 Å². The number of hydrogen-bond acceptors (Lipinski definition) is 7. The molecule has 31 heavy (non-hydrogen) atoms. The Hall–Kier alpha value is -2.33. The van der Waals surface area contributed by atoms with Gasteiger partial charge in [0.2, 0.25) is 5.91 Å². The van der Waals surface area contributed by atoms with Gasteiger partial charge in [-0.15, -0.1) is 16.4 Å². The number of aryl methyl sites for hydroxylation is 1. The molecule has 5 rings (SSSR count). The zero-order valence-electron chi connectivity index (χ0n) is 16.6. The van der Waals surface area contributed by atoms with Crippen LogP contribution in [-0.2, 0) is 11.2 Å². The van der Waals surface area contributed by atoms with Gasteiger partial charge in [0.1, 0.15) is 0 Å². The van der Waals surface area contributed by atoms with Crippen molar-refractivity contribution in [1.29, 1.82) is 0 Å². The summed E-state index contributed by atoms with van der Waals surface area (Å²) in [7, 11) is 0. The van der Waals surface area contributed by atoms with Gasteiger partial charge < -0.3 is 4.90 Å². The van der Waals surface area contributed by atoms with Crippen molar-refractivity contribution < 1.29 is 4.79 Å². The summed E-state index contributed by atoms with van der Waals surface area (Å²) >= 11 is 9.98. The Morgan fingerprint density at radius 3 is 2.84 bits per heavy atom. The Labute approximate surface area is 197 Å². The molecular formula is C22H18N4OS4. The summed E-state index contributed by atoms with van der Waals surface area (Å²) in [5, 5.41) is 7.72. The molecule has 1 aliphatic heterocycles. The van der Waals surface area contributed by atoms with Crippen molar-refractivity contribution >= 4 is 58.2 Å². The van der Waals surface area contributed by atoms with Crippen LogP contribution in [0.4, 0.5) is 5.69 Å². The van der Waals surface area contributed by atoms with E-state index in [1.807, 2.05) is 48.2 Å². The predicted molar refractivity (Wildman–Crippen MR) is 131 cm³/mol. The van der Waals surface area contributed by atoms with Crippen LogP contribution in [-0.4, -0.2) is 33.0 Å². The molecule has 2 aromatic heterocycles. The molecule has 0 saturated carbocycles. The summed E-state index contributed by atoms with van der Waals surface area (Å²) in [5.74, 6) is 0.428. The molecule has 9 heteroatoms. The molecular weight excluding hydrogens is 465 g/mol. The van der Waals surface area contributed by atoms with Gasteiger partial charge in [0.25, 0.3) is 0 Å². The molecule has 0 atom stereocenters. The minimum Gasteiger partial charge on any atom is -0.311 e. The van der Waals surface area contributed by atoms with Crippen LogP contribution >= 0.6 is 46.7 Å². The molecule has 0 N–H and O–H groups in total. The van der Waals surface area contributed by atoms with Crippen molar-refractivity contribution in [2.24, 2.45) is 0 Å². The lowest BCUT2D eigenvalue weighted by Crippen LogP contribution is -2.30. The Balaban J connectivity index is 1.28. The summed E-state index contributed by atoms with van der Waals surface area (Å²) in [4.78, 5) is 19.4. The highest BCUT2D eigenvalue weighted by Crippen LogP contribution is 2.34. The van der Waals surface area contributed by atoms with E-state index in [0.717, 1.165) is 38.4 Å². The van der Waals surface area contributed by atoms with Gasteiger partial charge in [-0.05, 0) is 55.4 Å². The Bertz CT molecular complexity index is 1310. The number of benzene rings is 2. The third-order valence-electron chi connectivity index (χ3n) is 5.04. The summed E-state index contributed by atoms with van der Waals surface area (Å²) in [5.41, 5.74) is 5.25. The molecule has 0 spiro atoms. The average Bonchev–Trinajstić information content (AvgIpc) is 3.50. The molecule has 0 unspecified atom stereocenters. The first kappa shape index (κ1) is 20.6. The minimum absolute atomic E-state index is 0.0911. The van der Waals surface area contributed by atoms with E-state index in [2.05, 4.69) is 27.6 Å². The highest BCUT2D eigenvalue weighted by atomic mass is 32.2. The van der Waals surface area contributed by atoms with Crippen molar-refractivity contribution in [2.75, 3.05) is 17.2 Å². The minimum atomic E-state index is 0.0911. The fourth-order valence-corrected chi connectivity index (χ4v) is 6.43. The van der Waals surface area contributed by atoms with Gasteiger partial charge in [-0.2, -0.15) is 0 Å². The molecule has 0 radical (unpaired) electrons. The van der Waals surface area contributed by atoms with Gasteiger partial charge in [0.15, 0.2) is 8.29 Å². The molecule has 156 valence electrons. The maximum atomic E-state index is 12.9. The van der Waals surface area contributed by atoms with E-state index < -0.39 is 0 Å². The second-order valence-corrected chi connectivity index (χ2v) is 11.0. The number of carbonyl (C=O) groups excluding carboxylic acids is 1. The van der Waals surface area contributed by atoms with E-state index in [4.69, 9.17) is 12.2 Å². The van der Waals surface area contributed by atoms with Crippen LogP contribution in [0.25, 0.3) is 16.9 Å². The Morgan fingerprint density at radius 1 is 1.23 bits per heavy atom. The second-order valence-electron chi connectivity index (χ2n) is 7.06. The molecule has 0 fully saturated rings. The van der Waals surface area contributed by atoms with E-state index in [0.29, 0.717) is 16.3 Å². The van der Waals surface area contributed by atoms with Crippen LogP contribution in [0.3, 0.4) is 0 Å². The van der Waals surface area contributed by atoms with E-state index in [1.54, 1.807) is 16.0 Å². The van der Waals surface area contributed by atoms with Gasteiger partial charge in [-0.1, -0.05) is 47.4 Å². The van der Waals surface area contributed by atoms with Crippen molar-refractivity contribution in [3.8, 4) is 16.9 Å². The normalized spacial score (nSPS) is 12.9. The Morgan fingerprint density at radius 2 is 2.06 bits per heavy atom. The Kier molecular flexibility index (Phi) is 5.75. The van der Waals surface area contributed by atoms with Gasteiger partial charge >= 0.3 is 0 Å². The number of anilines is 1. The van der Waals surface area contributed by atoms with Crippen LogP contribution in [0.15, 0.2) is 58.3 Å². The molecule has 3 heterocycles. The van der Waals surface area contributed by atoms with Crippen molar-refractivity contribution in [3.63, 3.8) is 0 Å². The number of hydrogen-bond donors (Lipinski definition) is 0. The smallest absolute Gasteiger partial charge is 0.237 e. The zero-order valence-corrected chi connectivity index (χ0v) is 19.9. The second kappa shape index (κ2) is 8.66. The van der Waals surface area contributed by atoms with Crippen molar-refractivity contribution in [2.45, 2.75) is 17.7 Å². The SMILES string of the molecule is Cc1nc(-c2ccc3c(c2)CCN3C(=O)CSc2nn(-c3ccccc3)c(=S)s2)cs1. The fourth-order valence-electron chi connectivity index (χ4n) is 3.57. The van der Waals surface area contributed by atoms with E-state index >= 15 is 0 Å². The zero-order chi connectivity index (χ0) is 21.4.